The first kappa shape index (κ1) is 85.2. The van der Waals surface area contributed by atoms with Crippen molar-refractivity contribution in [3.8, 4) is 23.3 Å². The summed E-state index contributed by atoms with van der Waals surface area (Å²) in [6.07, 6.45) is 46.8. The second-order valence-electron chi connectivity index (χ2n) is 43.1. The molecule has 26 rings (SSSR count). The number of quaternary nitrogens is 5. The van der Waals surface area contributed by atoms with Crippen molar-refractivity contribution in [3.05, 3.63) is 188 Å². The van der Waals surface area contributed by atoms with Crippen molar-refractivity contribution in [2.45, 2.75) is 312 Å². The van der Waals surface area contributed by atoms with E-state index >= 15 is 0 Å². The van der Waals surface area contributed by atoms with Gasteiger partial charge in [0.15, 0.2) is 17.3 Å². The zero-order valence-electron chi connectivity index (χ0n) is 69.7. The molecule has 9 nitrogen and oxygen atoms in total. The smallest absolute Gasteiger partial charge is 0.231 e. The van der Waals surface area contributed by atoms with E-state index in [1.807, 2.05) is 19.1 Å². The lowest BCUT2D eigenvalue weighted by Crippen LogP contribution is -3.00. The van der Waals surface area contributed by atoms with Gasteiger partial charge in [0.25, 0.3) is 0 Å². The summed E-state index contributed by atoms with van der Waals surface area (Å²) in [5.41, 5.74) is 18.5. The number of ether oxygens (including phenoxy) is 2. The molecule has 116 heavy (non-hydrogen) atoms. The molecule has 0 radical (unpaired) electrons. The molecule has 5 aromatic rings. The van der Waals surface area contributed by atoms with E-state index < -0.39 is 5.60 Å². The standard InChI is InChI=1S/C74H100N5.C28H30O4.5ClH/c1-5-53(43-75-71-15-13-51-17-61(33-71)25-62(18-51)34-71)21-57(9-1)47-79(49-59-11-3-7-55(23-59)45-77-73-37-65-27-66(38-73)29-67(28-65)39-73,50-60-12-4-8-56(24-60)46-78-74-40-68-30-69(41-74)32-70(31-68)42-74)48-58-10-2-6-54(22-58)44-76-72-16-14-52-19-63(35-72)26-64(20-52)36-72;1-3-11-28(30)12-10-23-21-7-4-17-13-19(29)6-8-20(17)26(21)22(15-27(23,28)2)18-5-9-24-25(14-18)32-16-31-24;;;;;/h1-12,21-24,51-52,61-70,75-78H,13-20,25-50H2;5,9,13-14,21-23,30H,4,6-8,10,12,15-16H2,1-2H3;5*1H/q+1;;;;;;/p-1/t51?,52?,61-,62-,63-,64-,65?,66?,67?,68?,69?,70?,71?,72?,73?,74?,79?;21-,22+,23-,27-,28-;;;;;/m10...../s1. The van der Waals surface area contributed by atoms with E-state index in [-0.39, 0.29) is 85.9 Å². The van der Waals surface area contributed by atoms with Gasteiger partial charge in [-0.25, -0.2) is 0 Å². The van der Waals surface area contributed by atoms with Crippen LogP contribution in [0.3, 0.4) is 0 Å². The van der Waals surface area contributed by atoms with Gasteiger partial charge in [-0.1, -0.05) is 97.3 Å². The Morgan fingerprint density at radius 1 is 0.422 bits per heavy atom. The molecule has 0 amide bonds. The highest BCUT2D eigenvalue weighted by atomic mass is 35.5. The van der Waals surface area contributed by atoms with E-state index in [0.29, 0.717) is 40.4 Å². The van der Waals surface area contributed by atoms with E-state index in [2.05, 4.69) is 149 Å². The largest absolute Gasteiger partial charge is 1.00 e. The fourth-order valence-electron chi connectivity index (χ4n) is 31.9. The van der Waals surface area contributed by atoms with Crippen LogP contribution in [0.4, 0.5) is 0 Å². The van der Waals surface area contributed by atoms with Gasteiger partial charge in [0, 0.05) is 139 Å². The number of benzene rings is 5. The fourth-order valence-corrected chi connectivity index (χ4v) is 31.9. The third kappa shape index (κ3) is 16.9. The van der Waals surface area contributed by atoms with Crippen LogP contribution < -0.4 is 92.8 Å². The Labute approximate surface area is 726 Å². The molecule has 0 saturated heterocycles. The molecule has 20 aliphatic carbocycles. The third-order valence-corrected chi connectivity index (χ3v) is 35.2. The Morgan fingerprint density at radius 3 is 1.22 bits per heavy atom. The zero-order chi connectivity index (χ0) is 74.3. The molecule has 5 aromatic carbocycles. The molecule has 18 saturated carbocycles. The van der Waals surface area contributed by atoms with Gasteiger partial charge >= 0.3 is 0 Å². The van der Waals surface area contributed by atoms with Crippen molar-refractivity contribution in [2.75, 3.05) is 6.79 Å². The van der Waals surface area contributed by atoms with Crippen molar-refractivity contribution in [1.29, 1.82) is 0 Å². The Hall–Kier alpha value is -4.38. The van der Waals surface area contributed by atoms with Gasteiger partial charge in [-0.2, -0.15) is 0 Å². The maximum Gasteiger partial charge on any atom is 0.231 e. The second-order valence-corrected chi connectivity index (χ2v) is 43.1. The van der Waals surface area contributed by atoms with E-state index in [0.717, 1.165) is 178 Å². The first-order valence-corrected chi connectivity index (χ1v) is 46.1. The highest BCUT2D eigenvalue weighted by Crippen LogP contribution is 2.67. The SMILES string of the molecule is CC#C[C@]1(O)CC[C@H]2[C@@H]3CCC4=CC(=O)CCC4=C3[C@@H](c3ccc4c(c3)OCO4)C[C@@]21C.[Cl-].[Cl-].[Cl-].[Cl-].[Cl-].c1cc(C[NH2+]C23CC4CC(CC(C4)C2)C3)cc(C[N+](Cc2cccc(C[NH2+]C34CC5CC(CC(C5)C3)C4)c2)(Cc2cccc(C[NH2+]C34CCC5C[C@H](C[C@@H](C5)C3)C4)c2)Cc2cccc(C[NH2+]C34CCC5C[C@H](C[C@@H](C5)C3)C4)c2)c1. The highest BCUT2D eigenvalue weighted by molar-refractivity contribution is 5.93. The van der Waals surface area contributed by atoms with Gasteiger partial charge in [0.2, 0.25) is 6.79 Å². The van der Waals surface area contributed by atoms with Crippen LogP contribution in [0.15, 0.2) is 138 Å². The summed E-state index contributed by atoms with van der Waals surface area (Å²) < 4.78 is 12.3. The van der Waals surface area contributed by atoms with Crippen molar-refractivity contribution in [2.24, 2.45) is 88.3 Å². The van der Waals surface area contributed by atoms with Crippen LogP contribution in [0.1, 0.15) is 282 Å². The Morgan fingerprint density at radius 2 is 0.802 bits per heavy atom. The molecule has 626 valence electrons. The number of hydrogen-bond donors (Lipinski definition) is 5. The summed E-state index contributed by atoms with van der Waals surface area (Å²) in [5.74, 6) is 21.1. The molecule has 0 aromatic heterocycles. The third-order valence-electron chi connectivity index (χ3n) is 35.2. The minimum atomic E-state index is -0.949. The van der Waals surface area contributed by atoms with Gasteiger partial charge in [-0.15, -0.1) is 5.92 Å². The maximum atomic E-state index is 12.2. The number of aliphatic hydroxyl groups is 1. The lowest BCUT2D eigenvalue weighted by Gasteiger charge is -2.54. The lowest BCUT2D eigenvalue weighted by atomic mass is 9.51. The first-order chi connectivity index (χ1) is 54.0. The maximum absolute atomic E-state index is 12.2. The monoisotopic (exact) mass is 1670 g/mol. The summed E-state index contributed by atoms with van der Waals surface area (Å²) in [4.78, 5) is 12.2. The number of allylic oxidation sites excluding steroid dienone is 4. The van der Waals surface area contributed by atoms with Gasteiger partial charge in [-0.3, -0.25) is 4.79 Å². The number of halogens is 5. The Kier molecular flexibility index (Phi) is 25.0. The molecule has 1 aliphatic heterocycles. The number of ketones is 1. The first-order valence-electron chi connectivity index (χ1n) is 46.1. The summed E-state index contributed by atoms with van der Waals surface area (Å²) in [7, 11) is 0. The fraction of sp³-hybridized carbons (Fsp3) is 0.637. The molecule has 14 heteroatoms. The van der Waals surface area contributed by atoms with E-state index in [1.54, 1.807) is 22.3 Å². The number of carbonyl (C=O) groups excluding carboxylic acids is 1. The quantitative estimate of drug-likeness (QED) is 0.0567. The molecule has 0 spiro atoms. The van der Waals surface area contributed by atoms with Crippen LogP contribution in [0.25, 0.3) is 0 Å². The molecule has 1 heterocycles. The van der Waals surface area contributed by atoms with E-state index in [4.69, 9.17) is 9.47 Å². The van der Waals surface area contributed by atoms with Crippen molar-refractivity contribution in [3.63, 3.8) is 0 Å². The average Bonchev–Trinajstić information content (AvgIpc) is 1.51. The van der Waals surface area contributed by atoms with Gasteiger partial charge in [-0.05, 0) is 277 Å². The second kappa shape index (κ2) is 34.0. The molecule has 9 N–H and O–H groups in total. The van der Waals surface area contributed by atoms with Crippen LogP contribution in [0.2, 0.25) is 0 Å². The Bertz CT molecular complexity index is 4230. The Balaban J connectivity index is 0.000000230. The topological polar surface area (TPSA) is 122 Å². The molecular weight excluding hydrogens is 1540 g/mol. The average molecular weight is 1670 g/mol. The normalized spacial score (nSPS) is 37.8. The summed E-state index contributed by atoms with van der Waals surface area (Å²) in [5, 5.41) is 23.2. The number of rotatable bonds is 21. The lowest BCUT2D eigenvalue weighted by molar-refractivity contribution is -0.978. The van der Waals surface area contributed by atoms with Crippen molar-refractivity contribution >= 4 is 5.78 Å². The van der Waals surface area contributed by atoms with Crippen LogP contribution in [0, 0.1) is 100 Å². The van der Waals surface area contributed by atoms with Gasteiger partial charge < -0.3 is 102 Å². The molecule has 9 atom stereocenters. The molecule has 21 aliphatic rings. The number of fused-ring (bicyclic) bond motifs is 7. The number of nitrogens with zero attached hydrogens (tertiary/aromatic N) is 1. The van der Waals surface area contributed by atoms with E-state index in [1.165, 1.54) is 211 Å². The highest BCUT2D eigenvalue weighted by Gasteiger charge is 2.63. The molecule has 0 unspecified atom stereocenters. The van der Waals surface area contributed by atoms with Crippen molar-refractivity contribution < 1.29 is 107 Å². The number of hydrogen-bond acceptors (Lipinski definition) is 4. The van der Waals surface area contributed by atoms with Gasteiger partial charge in [0.05, 0.1) is 22.2 Å². The molecule has 16 bridgehead atoms. The van der Waals surface area contributed by atoms with Crippen LogP contribution >= 0.6 is 0 Å². The summed E-state index contributed by atoms with van der Waals surface area (Å²) in [6, 6.07) is 46.9. The minimum Gasteiger partial charge on any atom is -1.00 e. The predicted octanol–water partition coefficient (Wildman–Crippen LogP) is 1.60. The number of carbonyl (C=O) groups is 1. The zero-order valence-corrected chi connectivity index (χ0v) is 73.5. The van der Waals surface area contributed by atoms with Crippen molar-refractivity contribution in [1.82, 2.24) is 0 Å². The van der Waals surface area contributed by atoms with E-state index in [9.17, 15) is 9.90 Å². The number of nitrogens with two attached hydrogens (primary N) is 4. The van der Waals surface area contributed by atoms with Crippen LogP contribution in [0.5, 0.6) is 11.5 Å². The summed E-state index contributed by atoms with van der Waals surface area (Å²) in [6.45, 7) is 13.1. The van der Waals surface area contributed by atoms with Gasteiger partial charge in [0.1, 0.15) is 58.0 Å². The molecule has 18 fully saturated rings. The molecular formula is C102H134Cl5N5O4. The minimum absolute atomic E-state index is 0. The predicted molar refractivity (Wildman–Crippen MR) is 437 cm³/mol. The van der Waals surface area contributed by atoms with Crippen LogP contribution in [-0.2, 0) is 57.2 Å². The van der Waals surface area contributed by atoms with Crippen LogP contribution in [-0.4, -0.2) is 49.9 Å². The summed E-state index contributed by atoms with van der Waals surface area (Å²) >= 11 is 0.